The number of halogens is 3. The molecule has 1 aromatic rings. The standard InChI is InChI=1S/C19H20F3O9P/c1-8(6-12(16(24)25)32(28,29)18(27)19(20,21)22)4-5-10-14(23)13-11(7-31-17(13)26)9(2)15(10)30-3/h4,12,23H,5-7H2,1-3H3,(H,24,25)(H,28,29)/b8-4+. The quantitative estimate of drug-likeness (QED) is 0.290. The highest BCUT2D eigenvalue weighted by Crippen LogP contribution is 2.53. The monoisotopic (exact) mass is 480 g/mol. The lowest BCUT2D eigenvalue weighted by Gasteiger charge is -2.20. The number of phenolic OH excluding ortho intramolecular Hbond substituents is 1. The van der Waals surface area contributed by atoms with Gasteiger partial charge in [-0.25, -0.2) is 4.79 Å². The second kappa shape index (κ2) is 8.95. The second-order valence-corrected chi connectivity index (χ2v) is 9.43. The van der Waals surface area contributed by atoms with Crippen LogP contribution in [0.15, 0.2) is 11.6 Å². The van der Waals surface area contributed by atoms with Crippen molar-refractivity contribution >= 4 is 24.8 Å². The van der Waals surface area contributed by atoms with Crippen molar-refractivity contribution in [3.8, 4) is 11.5 Å². The lowest BCUT2D eigenvalue weighted by molar-refractivity contribution is -0.162. The fourth-order valence-electron chi connectivity index (χ4n) is 3.38. The molecule has 0 saturated heterocycles. The van der Waals surface area contributed by atoms with E-state index in [1.807, 2.05) is 0 Å². The molecule has 0 spiro atoms. The van der Waals surface area contributed by atoms with Crippen LogP contribution >= 0.6 is 7.37 Å². The van der Waals surface area contributed by atoms with Crippen LogP contribution in [0.5, 0.6) is 11.5 Å². The van der Waals surface area contributed by atoms with E-state index in [0.29, 0.717) is 11.1 Å². The topological polar surface area (TPSA) is 147 Å². The van der Waals surface area contributed by atoms with E-state index < -0.39 is 48.8 Å². The van der Waals surface area contributed by atoms with Crippen LogP contribution in [0.1, 0.15) is 40.4 Å². The Morgan fingerprint density at radius 3 is 2.44 bits per heavy atom. The van der Waals surface area contributed by atoms with Gasteiger partial charge in [0.1, 0.15) is 29.3 Å². The molecular weight excluding hydrogens is 460 g/mol. The summed E-state index contributed by atoms with van der Waals surface area (Å²) in [6, 6.07) is 0. The molecule has 0 saturated carbocycles. The summed E-state index contributed by atoms with van der Waals surface area (Å²) in [5.74, 6) is -3.00. The molecule has 176 valence electrons. The van der Waals surface area contributed by atoms with Crippen LogP contribution in [0, 0.1) is 6.92 Å². The van der Waals surface area contributed by atoms with Gasteiger partial charge in [-0.2, -0.15) is 13.2 Å². The maximum atomic E-state index is 12.6. The number of rotatable bonds is 8. The summed E-state index contributed by atoms with van der Waals surface area (Å²) in [6.07, 6.45) is -5.37. The number of fused-ring (bicyclic) bond motifs is 1. The number of allylic oxidation sites excluding steroid dienone is 2. The number of methoxy groups -OCH3 is 1. The van der Waals surface area contributed by atoms with E-state index in [1.54, 1.807) is 6.92 Å². The van der Waals surface area contributed by atoms with Crippen molar-refractivity contribution in [3.63, 3.8) is 0 Å². The minimum atomic E-state index is -5.81. The third-order valence-corrected chi connectivity index (χ3v) is 7.14. The zero-order valence-electron chi connectivity index (χ0n) is 17.1. The van der Waals surface area contributed by atoms with Gasteiger partial charge in [0.2, 0.25) is 0 Å². The van der Waals surface area contributed by atoms with Gasteiger partial charge in [0, 0.05) is 11.1 Å². The largest absolute Gasteiger partial charge is 0.507 e. The van der Waals surface area contributed by atoms with Crippen LogP contribution in [-0.2, 0) is 31.9 Å². The first kappa shape index (κ1) is 25.4. The number of hydrogen-bond donors (Lipinski definition) is 3. The number of aromatic hydroxyl groups is 1. The van der Waals surface area contributed by atoms with Crippen LogP contribution < -0.4 is 4.74 Å². The average Bonchev–Trinajstić information content (AvgIpc) is 3.08. The van der Waals surface area contributed by atoms with Crippen LogP contribution in [0.2, 0.25) is 0 Å². The highest BCUT2D eigenvalue weighted by Gasteiger charge is 2.55. The van der Waals surface area contributed by atoms with Crippen molar-refractivity contribution in [3.05, 3.63) is 33.9 Å². The summed E-state index contributed by atoms with van der Waals surface area (Å²) in [5.41, 5.74) is -4.42. The summed E-state index contributed by atoms with van der Waals surface area (Å²) in [7, 11) is -4.50. The number of ether oxygens (including phenoxy) is 2. The maximum absolute atomic E-state index is 12.6. The normalized spacial score (nSPS) is 16.7. The molecule has 1 aliphatic heterocycles. The van der Waals surface area contributed by atoms with Crippen LogP contribution in [0.4, 0.5) is 13.2 Å². The third-order valence-electron chi connectivity index (χ3n) is 5.06. The van der Waals surface area contributed by atoms with Gasteiger partial charge >= 0.3 is 23.6 Å². The molecule has 0 bridgehead atoms. The van der Waals surface area contributed by atoms with E-state index in [9.17, 15) is 42.1 Å². The molecule has 0 aromatic heterocycles. The first-order valence-corrected chi connectivity index (χ1v) is 10.8. The average molecular weight is 480 g/mol. The summed E-state index contributed by atoms with van der Waals surface area (Å²) in [5, 5.41) is 19.7. The molecule has 9 nitrogen and oxygen atoms in total. The molecule has 0 radical (unpaired) electrons. The Kier molecular flexibility index (Phi) is 7.11. The highest BCUT2D eigenvalue weighted by molar-refractivity contribution is 7.77. The molecule has 0 amide bonds. The van der Waals surface area contributed by atoms with Crippen LogP contribution in [0.25, 0.3) is 0 Å². The van der Waals surface area contributed by atoms with Crippen molar-refractivity contribution in [2.75, 3.05) is 7.11 Å². The Morgan fingerprint density at radius 1 is 1.34 bits per heavy atom. The maximum Gasteiger partial charge on any atom is 0.460 e. The SMILES string of the molecule is COc1c(C)c2c(c(O)c1C/C=C(\C)CC(C(=O)O)P(=O)(O)C(=O)C(F)(F)F)C(=O)OC2. The molecule has 1 aromatic carbocycles. The lowest BCUT2D eigenvalue weighted by Crippen LogP contribution is -2.31. The second-order valence-electron chi connectivity index (χ2n) is 7.15. The Bertz CT molecular complexity index is 1060. The number of benzene rings is 1. The van der Waals surface area contributed by atoms with Crippen molar-refractivity contribution in [1.82, 2.24) is 0 Å². The fraction of sp³-hybridized carbons (Fsp3) is 0.421. The first-order chi connectivity index (χ1) is 14.6. The third kappa shape index (κ3) is 4.66. The van der Waals surface area contributed by atoms with Gasteiger partial charge in [0.25, 0.3) is 7.37 Å². The first-order valence-electron chi connectivity index (χ1n) is 9.05. The van der Waals surface area contributed by atoms with E-state index in [4.69, 9.17) is 14.6 Å². The van der Waals surface area contributed by atoms with Crippen molar-refractivity contribution in [2.24, 2.45) is 0 Å². The van der Waals surface area contributed by atoms with E-state index in [2.05, 4.69) is 0 Å². The Balaban J connectivity index is 2.39. The molecule has 1 heterocycles. The predicted octanol–water partition coefficient (Wildman–Crippen LogP) is 3.07. The van der Waals surface area contributed by atoms with E-state index >= 15 is 0 Å². The Hall–Kier alpha value is -2.85. The van der Waals surface area contributed by atoms with Gasteiger partial charge in [0.15, 0.2) is 0 Å². The minimum absolute atomic E-state index is 0.0524. The summed E-state index contributed by atoms with van der Waals surface area (Å²) in [6.45, 7) is 2.86. The number of cyclic esters (lactones) is 1. The van der Waals surface area contributed by atoms with Gasteiger partial charge in [-0.05, 0) is 32.3 Å². The van der Waals surface area contributed by atoms with Gasteiger partial charge in [-0.1, -0.05) is 11.6 Å². The number of carboxylic acids is 1. The molecule has 32 heavy (non-hydrogen) atoms. The molecule has 2 rings (SSSR count). The van der Waals surface area contributed by atoms with E-state index in [0.717, 1.165) is 0 Å². The number of carboxylic acid groups (broad SMARTS) is 1. The zero-order valence-corrected chi connectivity index (χ0v) is 18.0. The molecule has 13 heteroatoms. The number of esters is 1. The van der Waals surface area contributed by atoms with Crippen molar-refractivity contribution in [1.29, 1.82) is 0 Å². The number of carbonyl (C=O) groups excluding carboxylic acids is 2. The predicted molar refractivity (Wildman–Crippen MR) is 103 cm³/mol. The van der Waals surface area contributed by atoms with Gasteiger partial charge in [-0.15, -0.1) is 0 Å². The van der Waals surface area contributed by atoms with Gasteiger partial charge < -0.3 is 24.6 Å². The van der Waals surface area contributed by atoms with Gasteiger partial charge in [0.05, 0.1) is 7.11 Å². The number of carbonyl (C=O) groups is 3. The van der Waals surface area contributed by atoms with Crippen molar-refractivity contribution in [2.45, 2.75) is 45.1 Å². The fourth-order valence-corrected chi connectivity index (χ4v) is 4.86. The molecule has 1 aliphatic rings. The van der Waals surface area contributed by atoms with Crippen molar-refractivity contribution < 1.29 is 56.7 Å². The number of alkyl halides is 3. The number of aliphatic carboxylic acids is 1. The molecule has 0 aliphatic carbocycles. The summed E-state index contributed by atoms with van der Waals surface area (Å²) in [4.78, 5) is 44.2. The van der Waals surface area contributed by atoms with Gasteiger partial charge in [-0.3, -0.25) is 14.2 Å². The lowest BCUT2D eigenvalue weighted by atomic mass is 9.94. The van der Waals surface area contributed by atoms with E-state index in [-0.39, 0.29) is 35.5 Å². The summed E-state index contributed by atoms with van der Waals surface area (Å²) < 4.78 is 60.1. The summed E-state index contributed by atoms with van der Waals surface area (Å²) >= 11 is 0. The van der Waals surface area contributed by atoms with Crippen LogP contribution in [-0.4, -0.2) is 51.5 Å². The smallest absolute Gasteiger partial charge is 0.460 e. The number of phenols is 1. The number of hydrogen-bond acceptors (Lipinski definition) is 7. The Labute approximate surface area is 179 Å². The molecule has 3 N–H and O–H groups in total. The molecular formula is C19H20F3O9P. The zero-order chi connectivity index (χ0) is 24.6. The minimum Gasteiger partial charge on any atom is -0.507 e. The highest BCUT2D eigenvalue weighted by atomic mass is 31.2. The van der Waals surface area contributed by atoms with E-state index in [1.165, 1.54) is 20.1 Å². The molecule has 0 fully saturated rings. The van der Waals surface area contributed by atoms with Crippen LogP contribution in [0.3, 0.4) is 0 Å². The molecule has 2 atom stereocenters. The Morgan fingerprint density at radius 2 is 1.94 bits per heavy atom. The molecule has 2 unspecified atom stereocenters.